The van der Waals surface area contributed by atoms with Gasteiger partial charge < -0.3 is 4.74 Å². The molecule has 2 aromatic heterocycles. The average Bonchev–Trinajstić information content (AvgIpc) is 2.71. The van der Waals surface area contributed by atoms with Crippen LogP contribution in [0, 0.1) is 10.1 Å². The number of carbonyl (C=O) groups is 1. The number of thiazole rings is 1. The van der Waals surface area contributed by atoms with Gasteiger partial charge in [0.2, 0.25) is 5.01 Å². The zero-order valence-electron chi connectivity index (χ0n) is 8.74. The van der Waals surface area contributed by atoms with Gasteiger partial charge in [0.15, 0.2) is 0 Å². The monoisotopic (exact) mass is 253 g/mol. The number of hydrogen-bond acceptors (Lipinski definition) is 7. The van der Waals surface area contributed by atoms with E-state index >= 15 is 0 Å². The Hall–Kier alpha value is -2.09. The fourth-order valence-electron chi connectivity index (χ4n) is 1.19. The third kappa shape index (κ3) is 2.21. The van der Waals surface area contributed by atoms with Crippen molar-refractivity contribution in [3.8, 4) is 0 Å². The van der Waals surface area contributed by atoms with Gasteiger partial charge in [-0.05, 0) is 6.92 Å². The number of nitro groups is 1. The maximum Gasteiger partial charge on any atom is 0.367 e. The Morgan fingerprint density at radius 2 is 2.41 bits per heavy atom. The summed E-state index contributed by atoms with van der Waals surface area (Å²) in [6.45, 7) is 1.94. The molecule has 0 bridgehead atoms. The van der Waals surface area contributed by atoms with E-state index in [1.165, 1.54) is 6.07 Å². The van der Waals surface area contributed by atoms with E-state index in [2.05, 4.69) is 9.97 Å². The van der Waals surface area contributed by atoms with Crippen LogP contribution >= 0.6 is 11.3 Å². The first kappa shape index (κ1) is 11.4. The molecule has 0 aromatic carbocycles. The number of pyridine rings is 1. The van der Waals surface area contributed by atoms with Crippen LogP contribution in [0.4, 0.5) is 5.69 Å². The smallest absolute Gasteiger partial charge is 0.367 e. The fourth-order valence-corrected chi connectivity index (χ4v) is 1.98. The third-order valence-electron chi connectivity index (χ3n) is 1.89. The maximum atomic E-state index is 11.4. The van der Waals surface area contributed by atoms with Gasteiger partial charge in [-0.1, -0.05) is 11.3 Å². The predicted octanol–water partition coefficient (Wildman–Crippen LogP) is 1.78. The lowest BCUT2D eigenvalue weighted by Gasteiger charge is -1.94. The van der Waals surface area contributed by atoms with E-state index in [1.807, 2.05) is 0 Å². The average molecular weight is 253 g/mol. The van der Waals surface area contributed by atoms with E-state index in [0.717, 1.165) is 17.5 Å². The van der Waals surface area contributed by atoms with Crippen molar-refractivity contribution in [3.63, 3.8) is 0 Å². The maximum absolute atomic E-state index is 11.4. The Labute approximate surface area is 99.2 Å². The van der Waals surface area contributed by atoms with E-state index in [-0.39, 0.29) is 17.3 Å². The summed E-state index contributed by atoms with van der Waals surface area (Å²) in [6, 6.07) is 1.28. The molecule has 0 aliphatic carbocycles. The lowest BCUT2D eigenvalue weighted by atomic mass is 10.4. The van der Waals surface area contributed by atoms with Crippen LogP contribution in [0.25, 0.3) is 10.3 Å². The topological polar surface area (TPSA) is 95.2 Å². The Bertz CT molecular complexity index is 595. The van der Waals surface area contributed by atoms with Crippen LogP contribution in [0.5, 0.6) is 0 Å². The number of aromatic nitrogens is 2. The standard InChI is InChI=1S/C9H7N3O4S/c1-2-16-9(13)8-11-6-3-5(12(14)15)4-10-7(6)17-8/h3-4H,2H2,1H3. The minimum absolute atomic E-state index is 0.148. The molecular weight excluding hydrogens is 246 g/mol. The highest BCUT2D eigenvalue weighted by atomic mass is 32.1. The summed E-state index contributed by atoms with van der Waals surface area (Å²) in [5, 5.41) is 10.7. The second-order valence-corrected chi connectivity index (χ2v) is 3.99. The van der Waals surface area contributed by atoms with Gasteiger partial charge in [-0.25, -0.2) is 14.8 Å². The molecule has 0 aliphatic heterocycles. The number of fused-ring (bicyclic) bond motifs is 1. The molecule has 0 aliphatic rings. The fraction of sp³-hybridized carbons (Fsp3) is 0.222. The number of nitrogens with zero attached hydrogens (tertiary/aromatic N) is 3. The summed E-state index contributed by atoms with van der Waals surface area (Å²) in [7, 11) is 0. The van der Waals surface area contributed by atoms with E-state index in [4.69, 9.17) is 4.74 Å². The Kier molecular flexibility index (Phi) is 2.96. The van der Waals surface area contributed by atoms with Crippen molar-refractivity contribution in [2.24, 2.45) is 0 Å². The molecule has 0 saturated heterocycles. The Morgan fingerprint density at radius 3 is 3.06 bits per heavy atom. The molecule has 17 heavy (non-hydrogen) atoms. The molecule has 0 N–H and O–H groups in total. The zero-order valence-corrected chi connectivity index (χ0v) is 9.56. The van der Waals surface area contributed by atoms with Crippen LogP contribution < -0.4 is 0 Å². The summed E-state index contributed by atoms with van der Waals surface area (Å²) in [6.07, 6.45) is 1.13. The second kappa shape index (κ2) is 4.42. The summed E-state index contributed by atoms with van der Waals surface area (Å²) < 4.78 is 4.78. The van der Waals surface area contributed by atoms with Gasteiger partial charge in [0.05, 0.1) is 11.5 Å². The second-order valence-electron chi connectivity index (χ2n) is 3.01. The number of rotatable bonds is 3. The molecule has 0 fully saturated rings. The van der Waals surface area contributed by atoms with E-state index in [1.54, 1.807) is 6.92 Å². The van der Waals surface area contributed by atoms with Crippen LogP contribution in [0.2, 0.25) is 0 Å². The third-order valence-corrected chi connectivity index (χ3v) is 2.85. The van der Waals surface area contributed by atoms with Gasteiger partial charge in [0.1, 0.15) is 16.5 Å². The molecule has 0 radical (unpaired) electrons. The Balaban J connectivity index is 2.43. The van der Waals surface area contributed by atoms with Crippen molar-refractivity contribution in [2.45, 2.75) is 6.92 Å². The van der Waals surface area contributed by atoms with Gasteiger partial charge in [-0.2, -0.15) is 0 Å². The highest BCUT2D eigenvalue weighted by molar-refractivity contribution is 7.19. The van der Waals surface area contributed by atoms with Crippen molar-refractivity contribution in [1.82, 2.24) is 9.97 Å². The number of esters is 1. The highest BCUT2D eigenvalue weighted by Crippen LogP contribution is 2.23. The van der Waals surface area contributed by atoms with E-state index in [9.17, 15) is 14.9 Å². The zero-order chi connectivity index (χ0) is 12.4. The van der Waals surface area contributed by atoms with Crippen molar-refractivity contribution in [1.29, 1.82) is 0 Å². The number of carbonyl (C=O) groups excluding carboxylic acids is 1. The molecule has 8 heteroatoms. The molecule has 0 amide bonds. The number of hydrogen-bond donors (Lipinski definition) is 0. The minimum atomic E-state index is -0.560. The van der Waals surface area contributed by atoms with Crippen molar-refractivity contribution < 1.29 is 14.5 Å². The molecule has 0 spiro atoms. The molecule has 0 saturated carbocycles. The lowest BCUT2D eigenvalue weighted by molar-refractivity contribution is -0.385. The number of ether oxygens (including phenoxy) is 1. The van der Waals surface area contributed by atoms with Crippen molar-refractivity contribution in [3.05, 3.63) is 27.4 Å². The molecule has 7 nitrogen and oxygen atoms in total. The molecule has 2 heterocycles. The van der Waals surface area contributed by atoms with Gasteiger partial charge in [-0.3, -0.25) is 10.1 Å². The minimum Gasteiger partial charge on any atom is -0.461 e. The van der Waals surface area contributed by atoms with Crippen molar-refractivity contribution >= 4 is 33.3 Å². The first-order valence-electron chi connectivity index (χ1n) is 4.70. The lowest BCUT2D eigenvalue weighted by Crippen LogP contribution is -2.03. The predicted molar refractivity (Wildman–Crippen MR) is 60.0 cm³/mol. The van der Waals surface area contributed by atoms with Crippen molar-refractivity contribution in [2.75, 3.05) is 6.61 Å². The first-order chi connectivity index (χ1) is 8.11. The van der Waals surface area contributed by atoms with Crippen LogP contribution in [-0.2, 0) is 4.74 Å². The van der Waals surface area contributed by atoms with Gasteiger partial charge >= 0.3 is 5.97 Å². The largest absolute Gasteiger partial charge is 0.461 e. The van der Waals surface area contributed by atoms with Crippen LogP contribution in [-0.4, -0.2) is 27.5 Å². The van der Waals surface area contributed by atoms with Gasteiger partial charge in [0, 0.05) is 6.07 Å². The van der Waals surface area contributed by atoms with Crippen LogP contribution in [0.15, 0.2) is 12.3 Å². The summed E-state index contributed by atoms with van der Waals surface area (Å²) in [5.41, 5.74) is 0.172. The Morgan fingerprint density at radius 1 is 1.65 bits per heavy atom. The van der Waals surface area contributed by atoms with Crippen LogP contribution in [0.3, 0.4) is 0 Å². The van der Waals surface area contributed by atoms with Gasteiger partial charge in [0.25, 0.3) is 5.69 Å². The quantitative estimate of drug-likeness (QED) is 0.470. The van der Waals surface area contributed by atoms with Crippen LogP contribution in [0.1, 0.15) is 16.7 Å². The molecule has 0 atom stereocenters. The SMILES string of the molecule is CCOC(=O)c1nc2cc([N+](=O)[O-])cnc2s1. The molecule has 0 unspecified atom stereocenters. The molecule has 2 aromatic rings. The van der Waals surface area contributed by atoms with E-state index in [0.29, 0.717) is 10.3 Å². The van der Waals surface area contributed by atoms with Gasteiger partial charge in [-0.15, -0.1) is 0 Å². The normalized spacial score (nSPS) is 10.4. The highest BCUT2D eigenvalue weighted by Gasteiger charge is 2.16. The molecule has 2 rings (SSSR count). The molecule has 88 valence electrons. The summed E-state index contributed by atoms with van der Waals surface area (Å²) >= 11 is 1.05. The van der Waals surface area contributed by atoms with E-state index < -0.39 is 10.9 Å². The summed E-state index contributed by atoms with van der Waals surface area (Å²) in [4.78, 5) is 29.7. The molecular formula is C9H7N3O4S. The summed E-state index contributed by atoms with van der Waals surface area (Å²) in [5.74, 6) is -0.543. The first-order valence-corrected chi connectivity index (χ1v) is 5.51.